The molecule has 6 rings (SSSR count). The number of allylic oxidation sites excluding steroid dienone is 1. The van der Waals surface area contributed by atoms with Crippen LogP contribution in [0.5, 0.6) is 0 Å². The Bertz CT molecular complexity index is 1640. The van der Waals surface area contributed by atoms with Crippen molar-refractivity contribution in [1.82, 2.24) is 0 Å². The van der Waals surface area contributed by atoms with Crippen LogP contribution in [-0.2, 0) is 32.1 Å². The fourth-order valence-electron chi connectivity index (χ4n) is 8.34. The summed E-state index contributed by atoms with van der Waals surface area (Å²) in [5.41, 5.74) is 3.04. The van der Waals surface area contributed by atoms with Crippen molar-refractivity contribution in [3.63, 3.8) is 0 Å². The van der Waals surface area contributed by atoms with Gasteiger partial charge in [-0.1, -0.05) is 119 Å². The molecular weight excluding hydrogens is 661 g/mol. The average molecular weight is 715 g/mol. The largest absolute Gasteiger partial charge is 0.474 e. The number of benzene rings is 2. The lowest BCUT2D eigenvalue weighted by molar-refractivity contribution is -0.138. The average Bonchev–Trinajstić information content (AvgIpc) is 3.62. The number of furan rings is 1. The van der Waals surface area contributed by atoms with Crippen LogP contribution in [0.4, 0.5) is 0 Å². The van der Waals surface area contributed by atoms with E-state index in [4.69, 9.17) is 13.9 Å². The Balaban J connectivity index is 1.31. The number of cyclic esters (lactones) is 1. The lowest BCUT2D eigenvalue weighted by Gasteiger charge is -2.44. The van der Waals surface area contributed by atoms with Gasteiger partial charge >= 0.3 is 5.97 Å². The number of thioether (sulfide) groups is 1. The zero-order valence-electron chi connectivity index (χ0n) is 30.4. The van der Waals surface area contributed by atoms with Crippen molar-refractivity contribution in [3.05, 3.63) is 95.3 Å². The van der Waals surface area contributed by atoms with Crippen LogP contribution in [0.25, 0.3) is 0 Å². The Labute approximate surface area is 303 Å². The second-order valence-corrected chi connectivity index (χ2v) is 22.5. The summed E-state index contributed by atoms with van der Waals surface area (Å²) in [5.74, 6) is -0.487. The SMILES string of the molecule is CC(C)(C)[Si](C)(C)c1occ2c1C[C@]1(CC(=O)O[C@H]1Sc1ccccc1)C1=C[C@H](CCCCCCOCc3ccccc3)[C@@H](CC=O)[C@H]2[C@H]1O. The van der Waals surface area contributed by atoms with Gasteiger partial charge in [-0.15, -0.1) is 0 Å². The Hall–Kier alpha value is -2.91. The molecule has 2 bridgehead atoms. The first kappa shape index (κ1) is 36.9. The van der Waals surface area contributed by atoms with Crippen molar-refractivity contribution in [1.29, 1.82) is 0 Å². The molecule has 0 unspecified atom stereocenters. The van der Waals surface area contributed by atoms with Crippen molar-refractivity contribution < 1.29 is 28.6 Å². The molecule has 0 saturated carbocycles. The first-order valence-electron chi connectivity index (χ1n) is 18.4. The zero-order valence-corrected chi connectivity index (χ0v) is 32.2. The third-order valence-corrected chi connectivity index (χ3v) is 18.7. The number of aliphatic hydroxyl groups is 1. The Kier molecular flexibility index (Phi) is 11.3. The number of unbranched alkanes of at least 4 members (excludes halogenated alkanes) is 3. The molecule has 0 amide bonds. The molecule has 1 saturated heterocycles. The van der Waals surface area contributed by atoms with Gasteiger partial charge in [-0.25, -0.2) is 0 Å². The quantitative estimate of drug-likeness (QED) is 0.0587. The number of hydrogen-bond donors (Lipinski definition) is 1. The third-order valence-electron chi connectivity index (χ3n) is 12.1. The van der Waals surface area contributed by atoms with Gasteiger partial charge in [0.2, 0.25) is 0 Å². The second kappa shape index (κ2) is 15.4. The smallest absolute Gasteiger partial charge is 0.308 e. The Morgan fingerprint density at radius 3 is 2.40 bits per heavy atom. The molecule has 0 radical (unpaired) electrons. The van der Waals surface area contributed by atoms with Crippen LogP contribution in [0, 0.1) is 17.3 Å². The molecule has 50 heavy (non-hydrogen) atoms. The minimum Gasteiger partial charge on any atom is -0.474 e. The van der Waals surface area contributed by atoms with Gasteiger partial charge in [0.25, 0.3) is 0 Å². The van der Waals surface area contributed by atoms with Gasteiger partial charge in [0, 0.05) is 23.8 Å². The monoisotopic (exact) mass is 714 g/mol. The molecule has 2 aliphatic carbocycles. The zero-order chi connectivity index (χ0) is 35.5. The first-order chi connectivity index (χ1) is 24.0. The van der Waals surface area contributed by atoms with Gasteiger partial charge in [0.1, 0.15) is 14.4 Å². The van der Waals surface area contributed by atoms with Crippen LogP contribution < -0.4 is 5.38 Å². The molecule has 6 nitrogen and oxygen atoms in total. The van der Waals surface area contributed by atoms with E-state index in [0.717, 1.165) is 72.0 Å². The summed E-state index contributed by atoms with van der Waals surface area (Å²) >= 11 is 1.57. The van der Waals surface area contributed by atoms with E-state index in [2.05, 4.69) is 64.2 Å². The third kappa shape index (κ3) is 7.36. The number of hydrogen-bond acceptors (Lipinski definition) is 7. The second-order valence-electron chi connectivity index (χ2n) is 16.2. The minimum absolute atomic E-state index is 0.0164. The minimum atomic E-state index is -2.17. The number of aldehydes is 1. The summed E-state index contributed by atoms with van der Waals surface area (Å²) in [4.78, 5) is 26.8. The van der Waals surface area contributed by atoms with Gasteiger partial charge in [0.15, 0.2) is 5.44 Å². The predicted octanol–water partition coefficient (Wildman–Crippen LogP) is 8.98. The molecule has 1 aliphatic heterocycles. The van der Waals surface area contributed by atoms with E-state index >= 15 is 0 Å². The maximum Gasteiger partial charge on any atom is 0.308 e. The molecule has 1 aromatic heterocycles. The fourth-order valence-corrected chi connectivity index (χ4v) is 11.6. The molecule has 2 heterocycles. The highest BCUT2D eigenvalue weighted by Crippen LogP contribution is 2.60. The van der Waals surface area contributed by atoms with Crippen LogP contribution in [0.15, 0.2) is 87.9 Å². The fraction of sp³-hybridized carbons (Fsp3) is 0.524. The van der Waals surface area contributed by atoms with Gasteiger partial charge in [-0.3, -0.25) is 4.79 Å². The topological polar surface area (TPSA) is 86.0 Å². The highest BCUT2D eigenvalue weighted by atomic mass is 32.2. The maximum absolute atomic E-state index is 13.4. The predicted molar refractivity (Wildman–Crippen MR) is 202 cm³/mol. The van der Waals surface area contributed by atoms with Crippen molar-refractivity contribution >= 4 is 37.5 Å². The van der Waals surface area contributed by atoms with E-state index in [1.807, 2.05) is 42.7 Å². The van der Waals surface area contributed by atoms with Gasteiger partial charge in [-0.2, -0.15) is 0 Å². The van der Waals surface area contributed by atoms with Crippen molar-refractivity contribution in [2.75, 3.05) is 6.61 Å². The molecular formula is C42H54O6SSi. The van der Waals surface area contributed by atoms with Crippen LogP contribution in [0.3, 0.4) is 0 Å². The summed E-state index contributed by atoms with van der Waals surface area (Å²) in [7, 11) is -2.17. The van der Waals surface area contributed by atoms with Gasteiger partial charge in [-0.05, 0) is 70.5 Å². The molecule has 3 aromatic rings. The van der Waals surface area contributed by atoms with Gasteiger partial charge < -0.3 is 23.8 Å². The van der Waals surface area contributed by atoms with E-state index in [1.54, 1.807) is 11.8 Å². The van der Waals surface area contributed by atoms with Crippen LogP contribution >= 0.6 is 11.8 Å². The molecule has 3 aliphatic rings. The Morgan fingerprint density at radius 2 is 1.70 bits per heavy atom. The summed E-state index contributed by atoms with van der Waals surface area (Å²) in [5, 5.41) is 13.5. The van der Waals surface area contributed by atoms with E-state index in [9.17, 15) is 14.7 Å². The maximum atomic E-state index is 13.4. The van der Waals surface area contributed by atoms with E-state index in [0.29, 0.717) is 19.4 Å². The molecule has 1 spiro atoms. The summed E-state index contributed by atoms with van der Waals surface area (Å²) in [6.07, 6.45) is 10.6. The number of fused-ring (bicyclic) bond motifs is 5. The Morgan fingerprint density at radius 1 is 1.00 bits per heavy atom. The number of carbonyl (C=O) groups is 2. The van der Waals surface area contributed by atoms with E-state index in [-0.39, 0.29) is 35.2 Å². The lowest BCUT2D eigenvalue weighted by atomic mass is 9.63. The normalized spacial score (nSPS) is 26.3. The first-order valence-corrected chi connectivity index (χ1v) is 22.3. The lowest BCUT2D eigenvalue weighted by Crippen LogP contribution is -2.51. The van der Waals surface area contributed by atoms with Crippen LogP contribution in [0.2, 0.25) is 18.1 Å². The number of aliphatic hydroxyl groups excluding tert-OH is 1. The number of rotatable bonds is 14. The van der Waals surface area contributed by atoms with E-state index in [1.165, 1.54) is 5.56 Å². The number of ether oxygens (including phenoxy) is 2. The molecule has 1 fully saturated rings. The highest BCUT2D eigenvalue weighted by molar-refractivity contribution is 7.99. The molecule has 8 heteroatoms. The molecule has 6 atom stereocenters. The number of carbonyl (C=O) groups excluding carboxylic acids is 2. The van der Waals surface area contributed by atoms with Crippen molar-refractivity contribution in [3.8, 4) is 0 Å². The highest BCUT2D eigenvalue weighted by Gasteiger charge is 2.60. The summed E-state index contributed by atoms with van der Waals surface area (Å²) in [6.45, 7) is 12.9. The van der Waals surface area contributed by atoms with Gasteiger partial charge in [0.05, 0.1) is 36.2 Å². The molecule has 2 aromatic carbocycles. The standard InChI is InChI=1S/C42H54O6SSi/c1-41(2,3)50(4,5)39-33-25-42(26-36(44)48-40(42)49-31-19-13-9-14-20-31)35-24-30(32(21-22-43)37(38(35)45)34(33)28-47-39)18-12-6-7-15-23-46-27-29-16-10-8-11-17-29/h8-11,13-14,16-17,19-20,22,24,28,30,32,37-38,40,45H,6-7,12,15,18,21,23,25-27H2,1-5H3/t30-,32+,37+,38-,40-,42-/m0/s1. The number of esters is 1. The van der Waals surface area contributed by atoms with E-state index < -0.39 is 25.0 Å². The van der Waals surface area contributed by atoms with Crippen molar-refractivity contribution in [2.24, 2.45) is 17.3 Å². The molecule has 268 valence electrons. The molecule has 1 N–H and O–H groups in total. The van der Waals surface area contributed by atoms with Crippen LogP contribution in [-0.4, -0.2) is 43.6 Å². The summed E-state index contributed by atoms with van der Waals surface area (Å²) < 4.78 is 18.7. The summed E-state index contributed by atoms with van der Waals surface area (Å²) in [6, 6.07) is 20.4. The van der Waals surface area contributed by atoms with Crippen LogP contribution in [0.1, 0.15) is 88.3 Å². The van der Waals surface area contributed by atoms with Crippen molar-refractivity contribution in [2.45, 2.75) is 119 Å².